The van der Waals surface area contributed by atoms with Crippen LogP contribution in [0.5, 0.6) is 0 Å². The second kappa shape index (κ2) is 7.72. The molecule has 0 saturated heterocycles. The van der Waals surface area contributed by atoms with Gasteiger partial charge in [-0.2, -0.15) is 5.10 Å². The van der Waals surface area contributed by atoms with Gasteiger partial charge in [0.05, 0.1) is 16.4 Å². The largest absolute Gasteiger partial charge is 0.453 e. The van der Waals surface area contributed by atoms with Crippen molar-refractivity contribution in [3.05, 3.63) is 82.5 Å². The third kappa shape index (κ3) is 3.76. The minimum atomic E-state index is 0.555. The Hall–Kier alpha value is -3.35. The molecule has 6 nitrogen and oxygen atoms in total. The summed E-state index contributed by atoms with van der Waals surface area (Å²) < 4.78 is 7.73. The summed E-state index contributed by atoms with van der Waals surface area (Å²) in [6.07, 6.45) is 1.64. The molecule has 3 aromatic heterocycles. The number of imidazole rings is 1. The van der Waals surface area contributed by atoms with Gasteiger partial charge in [0, 0.05) is 21.8 Å². The Balaban J connectivity index is 1.45. The molecular weight excluding hydrogens is 433 g/mol. The highest BCUT2D eigenvalue weighted by molar-refractivity contribution is 6.32. The number of nitrogens with one attached hydrogen (secondary N) is 1. The highest BCUT2D eigenvalue weighted by Gasteiger charge is 2.15. The minimum absolute atomic E-state index is 0.555. The number of H-pyrrole nitrogens is 1. The van der Waals surface area contributed by atoms with Crippen molar-refractivity contribution < 1.29 is 4.42 Å². The van der Waals surface area contributed by atoms with E-state index >= 15 is 0 Å². The van der Waals surface area contributed by atoms with Gasteiger partial charge < -0.3 is 9.40 Å². The summed E-state index contributed by atoms with van der Waals surface area (Å²) in [4.78, 5) is 12.2. The zero-order valence-corrected chi connectivity index (χ0v) is 18.2. The van der Waals surface area contributed by atoms with E-state index in [2.05, 4.69) is 15.1 Å². The third-order valence-electron chi connectivity index (χ3n) is 4.93. The minimum Gasteiger partial charge on any atom is -0.453 e. The number of furan rings is 1. The van der Waals surface area contributed by atoms with Crippen LogP contribution in [-0.4, -0.2) is 24.7 Å². The first-order valence-electron chi connectivity index (χ1n) is 9.59. The molecular formula is C23H17Cl2N5O. The number of benzene rings is 2. The van der Waals surface area contributed by atoms with Gasteiger partial charge >= 0.3 is 0 Å². The van der Waals surface area contributed by atoms with Crippen LogP contribution in [0.1, 0.15) is 11.5 Å². The fourth-order valence-electron chi connectivity index (χ4n) is 3.39. The molecule has 5 aromatic rings. The number of halogens is 2. The Morgan fingerprint density at radius 1 is 0.903 bits per heavy atom. The van der Waals surface area contributed by atoms with Gasteiger partial charge in [-0.3, -0.25) is 0 Å². The first kappa shape index (κ1) is 19.6. The van der Waals surface area contributed by atoms with Crippen molar-refractivity contribution >= 4 is 23.2 Å². The Kier molecular flexibility index (Phi) is 4.88. The molecule has 0 aliphatic rings. The van der Waals surface area contributed by atoms with Gasteiger partial charge in [0.1, 0.15) is 17.9 Å². The van der Waals surface area contributed by atoms with E-state index in [1.165, 1.54) is 0 Å². The molecule has 154 valence electrons. The van der Waals surface area contributed by atoms with Crippen LogP contribution in [0.15, 0.2) is 65.3 Å². The maximum Gasteiger partial charge on any atom is 0.174 e. The Morgan fingerprint density at radius 3 is 2.35 bits per heavy atom. The Labute approximate surface area is 188 Å². The van der Waals surface area contributed by atoms with Crippen molar-refractivity contribution in [3.63, 3.8) is 0 Å². The molecule has 0 bridgehead atoms. The topological polar surface area (TPSA) is 72.5 Å². The summed E-state index contributed by atoms with van der Waals surface area (Å²) in [5, 5.41) is 5.55. The van der Waals surface area contributed by atoms with Crippen molar-refractivity contribution in [2.45, 2.75) is 13.8 Å². The zero-order chi connectivity index (χ0) is 21.5. The summed E-state index contributed by atoms with van der Waals surface area (Å²) in [5.41, 5.74) is 4.41. The molecule has 0 spiro atoms. The number of hydrogen-bond acceptors (Lipinski definition) is 4. The molecule has 0 aliphatic carbocycles. The second-order valence-electron chi connectivity index (χ2n) is 7.13. The predicted octanol–water partition coefficient (Wildman–Crippen LogP) is 6.51. The van der Waals surface area contributed by atoms with Gasteiger partial charge in [0.15, 0.2) is 11.6 Å². The number of aryl methyl sites for hydroxylation is 2. The summed E-state index contributed by atoms with van der Waals surface area (Å²) in [5.74, 6) is 2.68. The van der Waals surface area contributed by atoms with Crippen LogP contribution in [0.3, 0.4) is 0 Å². The maximum atomic E-state index is 6.49. The van der Waals surface area contributed by atoms with Crippen molar-refractivity contribution in [3.8, 4) is 39.9 Å². The molecule has 0 radical (unpaired) electrons. The van der Waals surface area contributed by atoms with Crippen LogP contribution in [0, 0.1) is 13.8 Å². The van der Waals surface area contributed by atoms with Crippen molar-refractivity contribution in [2.24, 2.45) is 0 Å². The van der Waals surface area contributed by atoms with E-state index in [-0.39, 0.29) is 0 Å². The van der Waals surface area contributed by atoms with E-state index in [9.17, 15) is 0 Å². The first-order chi connectivity index (χ1) is 15.0. The normalized spacial score (nSPS) is 11.2. The summed E-state index contributed by atoms with van der Waals surface area (Å²) in [6, 6.07) is 17.1. The highest BCUT2D eigenvalue weighted by Crippen LogP contribution is 2.32. The van der Waals surface area contributed by atoms with Crippen LogP contribution in [0.2, 0.25) is 10.0 Å². The quantitative estimate of drug-likeness (QED) is 0.339. The first-order valence-corrected chi connectivity index (χ1v) is 10.3. The molecule has 2 aromatic carbocycles. The van der Waals surface area contributed by atoms with Crippen LogP contribution in [0.25, 0.3) is 39.9 Å². The molecule has 0 amide bonds. The monoisotopic (exact) mass is 449 g/mol. The molecule has 0 aliphatic heterocycles. The maximum absolute atomic E-state index is 6.49. The highest BCUT2D eigenvalue weighted by atomic mass is 35.5. The SMILES string of the molecule is Cc1ncn(-c2ccc(-c3ccc(-c4nc(-c5ccc(Cl)cc5)c(C)[nH]4)o3)cc2Cl)n1. The average molecular weight is 450 g/mol. The van der Waals surface area contributed by atoms with Crippen LogP contribution in [-0.2, 0) is 0 Å². The second-order valence-corrected chi connectivity index (χ2v) is 7.98. The fourth-order valence-corrected chi connectivity index (χ4v) is 3.79. The van der Waals surface area contributed by atoms with Gasteiger partial charge in [0.25, 0.3) is 0 Å². The lowest BCUT2D eigenvalue weighted by Gasteiger charge is -2.05. The summed E-state index contributed by atoms with van der Waals surface area (Å²) >= 11 is 12.5. The number of hydrogen-bond donors (Lipinski definition) is 1. The standard InChI is InChI=1S/C23H17Cl2N5O/c1-13-22(15-3-6-17(24)7-4-15)28-23(27-13)21-10-9-20(31-21)16-5-8-19(18(25)11-16)30-12-26-14(2)29-30/h3-12H,1-2H3,(H,27,28). The van der Waals surface area contributed by atoms with Crippen LogP contribution < -0.4 is 0 Å². The molecule has 0 atom stereocenters. The van der Waals surface area contributed by atoms with E-state index in [1.807, 2.05) is 68.4 Å². The zero-order valence-electron chi connectivity index (χ0n) is 16.7. The lowest BCUT2D eigenvalue weighted by molar-refractivity contribution is 0.593. The molecule has 3 heterocycles. The van der Waals surface area contributed by atoms with E-state index in [4.69, 9.17) is 32.6 Å². The number of rotatable bonds is 4. The third-order valence-corrected chi connectivity index (χ3v) is 5.48. The van der Waals surface area contributed by atoms with E-state index in [1.54, 1.807) is 11.0 Å². The summed E-state index contributed by atoms with van der Waals surface area (Å²) in [6.45, 7) is 3.81. The predicted molar refractivity (Wildman–Crippen MR) is 122 cm³/mol. The average Bonchev–Trinajstić information content (AvgIpc) is 3.48. The number of aromatic amines is 1. The Bertz CT molecular complexity index is 1380. The van der Waals surface area contributed by atoms with Gasteiger partial charge in [0.2, 0.25) is 0 Å². The lowest BCUT2D eigenvalue weighted by Crippen LogP contribution is -1.96. The van der Waals surface area contributed by atoms with Gasteiger partial charge in [-0.25, -0.2) is 14.6 Å². The van der Waals surface area contributed by atoms with Gasteiger partial charge in [-0.15, -0.1) is 0 Å². The van der Waals surface area contributed by atoms with E-state index in [0.717, 1.165) is 28.2 Å². The van der Waals surface area contributed by atoms with Gasteiger partial charge in [-0.1, -0.05) is 35.3 Å². The van der Waals surface area contributed by atoms with Crippen molar-refractivity contribution in [2.75, 3.05) is 0 Å². The van der Waals surface area contributed by atoms with E-state index < -0.39 is 0 Å². The van der Waals surface area contributed by atoms with Crippen LogP contribution >= 0.6 is 23.2 Å². The molecule has 31 heavy (non-hydrogen) atoms. The van der Waals surface area contributed by atoms with Crippen molar-refractivity contribution in [1.29, 1.82) is 0 Å². The molecule has 0 unspecified atom stereocenters. The molecule has 5 rings (SSSR count). The Morgan fingerprint density at radius 2 is 1.65 bits per heavy atom. The van der Waals surface area contributed by atoms with Crippen LogP contribution in [0.4, 0.5) is 0 Å². The van der Waals surface area contributed by atoms with Gasteiger partial charge in [-0.05, 0) is 56.3 Å². The summed E-state index contributed by atoms with van der Waals surface area (Å²) in [7, 11) is 0. The molecule has 8 heteroatoms. The smallest absolute Gasteiger partial charge is 0.174 e. The number of nitrogens with zero attached hydrogens (tertiary/aromatic N) is 4. The molecule has 0 saturated carbocycles. The number of aromatic nitrogens is 5. The lowest BCUT2D eigenvalue weighted by atomic mass is 10.1. The van der Waals surface area contributed by atoms with E-state index in [0.29, 0.717) is 33.2 Å². The fraction of sp³-hybridized carbons (Fsp3) is 0.0870. The molecule has 1 N–H and O–H groups in total. The van der Waals surface area contributed by atoms with Crippen molar-refractivity contribution in [1.82, 2.24) is 24.7 Å². The molecule has 0 fully saturated rings.